The van der Waals surface area contributed by atoms with E-state index in [1.165, 1.54) is 26.4 Å². The molecule has 0 aromatic heterocycles. The Morgan fingerprint density at radius 2 is 1.83 bits per heavy atom. The van der Waals surface area contributed by atoms with E-state index >= 15 is 0 Å². The average molecular weight is 406 g/mol. The minimum absolute atomic E-state index is 0.0544. The van der Waals surface area contributed by atoms with Gasteiger partial charge in [-0.15, -0.1) is 6.42 Å². The topological polar surface area (TPSA) is 112 Å². The molecular formula is C20H26N2O7. The molecule has 0 radical (unpaired) electrons. The second kappa shape index (κ2) is 10.8. The summed E-state index contributed by atoms with van der Waals surface area (Å²) < 4.78 is 20.8. The third-order valence-corrected chi connectivity index (χ3v) is 3.34. The predicted octanol–water partition coefficient (Wildman–Crippen LogP) is 2.35. The highest BCUT2D eigenvalue weighted by Crippen LogP contribution is 2.34. The number of terminal acetylenes is 1. The third kappa shape index (κ3) is 8.01. The summed E-state index contributed by atoms with van der Waals surface area (Å²) in [6, 6.07) is 2.80. The van der Waals surface area contributed by atoms with E-state index in [-0.39, 0.29) is 29.4 Å². The summed E-state index contributed by atoms with van der Waals surface area (Å²) in [5, 5.41) is 5.03. The van der Waals surface area contributed by atoms with Gasteiger partial charge in [-0.25, -0.2) is 9.59 Å². The zero-order valence-corrected chi connectivity index (χ0v) is 17.2. The number of ether oxygens (including phenoxy) is 4. The van der Waals surface area contributed by atoms with Crippen molar-refractivity contribution in [3.05, 3.63) is 17.7 Å². The number of carbonyl (C=O) groups excluding carboxylic acids is 3. The second-order valence-corrected chi connectivity index (χ2v) is 6.77. The first-order chi connectivity index (χ1) is 13.6. The van der Waals surface area contributed by atoms with Gasteiger partial charge < -0.3 is 29.6 Å². The molecule has 0 aliphatic carbocycles. The molecule has 0 bridgehead atoms. The van der Waals surface area contributed by atoms with Crippen LogP contribution in [0.3, 0.4) is 0 Å². The molecule has 1 aromatic rings. The molecule has 1 rings (SSSR count). The van der Waals surface area contributed by atoms with Crippen LogP contribution in [0.15, 0.2) is 12.1 Å². The molecule has 0 aliphatic heterocycles. The molecule has 0 heterocycles. The van der Waals surface area contributed by atoms with Crippen molar-refractivity contribution in [2.24, 2.45) is 0 Å². The normalized spacial score (nSPS) is 10.3. The van der Waals surface area contributed by atoms with Crippen LogP contribution in [0.25, 0.3) is 0 Å². The monoisotopic (exact) mass is 406 g/mol. The van der Waals surface area contributed by atoms with Crippen LogP contribution in [-0.2, 0) is 14.3 Å². The van der Waals surface area contributed by atoms with Crippen LogP contribution in [0.5, 0.6) is 11.5 Å². The molecule has 9 nitrogen and oxygen atoms in total. The first-order valence-corrected chi connectivity index (χ1v) is 8.79. The molecule has 2 N–H and O–H groups in total. The van der Waals surface area contributed by atoms with E-state index in [1.807, 2.05) is 5.92 Å². The van der Waals surface area contributed by atoms with Crippen LogP contribution in [0.1, 0.15) is 37.6 Å². The Morgan fingerprint density at radius 3 is 2.38 bits per heavy atom. The molecule has 158 valence electrons. The Hall–Kier alpha value is -3.41. The molecule has 0 aliphatic rings. The van der Waals surface area contributed by atoms with E-state index < -0.39 is 23.6 Å². The Labute approximate surface area is 170 Å². The van der Waals surface area contributed by atoms with Crippen LogP contribution in [0.4, 0.5) is 10.5 Å². The van der Waals surface area contributed by atoms with Gasteiger partial charge >= 0.3 is 12.1 Å². The van der Waals surface area contributed by atoms with Crippen molar-refractivity contribution in [2.75, 3.05) is 32.7 Å². The van der Waals surface area contributed by atoms with Gasteiger partial charge in [0.05, 0.1) is 32.1 Å². The maximum absolute atomic E-state index is 12.0. The summed E-state index contributed by atoms with van der Waals surface area (Å²) in [6.45, 7) is 5.88. The van der Waals surface area contributed by atoms with E-state index in [2.05, 4.69) is 10.6 Å². The lowest BCUT2D eigenvalue weighted by molar-refractivity contribution is -0.111. The van der Waals surface area contributed by atoms with Gasteiger partial charge in [-0.2, -0.15) is 0 Å². The highest BCUT2D eigenvalue weighted by molar-refractivity contribution is 6.08. The molecule has 0 saturated heterocycles. The number of rotatable bonds is 8. The number of hydrogen-bond donors (Lipinski definition) is 2. The van der Waals surface area contributed by atoms with Gasteiger partial charge in [-0.1, -0.05) is 0 Å². The number of methoxy groups -OCH3 is 2. The lowest BCUT2D eigenvalue weighted by Gasteiger charge is -2.19. The lowest BCUT2D eigenvalue weighted by atomic mass is 10.1. The fourth-order valence-electron chi connectivity index (χ4n) is 2.13. The fraction of sp³-hybridized carbons (Fsp3) is 0.450. The van der Waals surface area contributed by atoms with Crippen molar-refractivity contribution >= 4 is 23.7 Å². The first kappa shape index (κ1) is 23.6. The summed E-state index contributed by atoms with van der Waals surface area (Å²) in [4.78, 5) is 35.1. The first-order valence-electron chi connectivity index (χ1n) is 8.79. The van der Waals surface area contributed by atoms with Gasteiger partial charge in [0.25, 0.3) is 5.91 Å². The number of anilines is 1. The summed E-state index contributed by atoms with van der Waals surface area (Å²) in [5.41, 5.74) is -0.385. The van der Waals surface area contributed by atoms with Crippen LogP contribution in [-0.4, -0.2) is 50.9 Å². The third-order valence-electron chi connectivity index (χ3n) is 3.34. The maximum atomic E-state index is 12.0. The van der Waals surface area contributed by atoms with E-state index in [9.17, 15) is 14.4 Å². The van der Waals surface area contributed by atoms with Gasteiger partial charge in [0.1, 0.15) is 5.60 Å². The van der Waals surface area contributed by atoms with Gasteiger partial charge in [0.2, 0.25) is 0 Å². The Morgan fingerprint density at radius 1 is 1.14 bits per heavy atom. The van der Waals surface area contributed by atoms with E-state index in [4.69, 9.17) is 25.4 Å². The highest BCUT2D eigenvalue weighted by Gasteiger charge is 2.19. The molecule has 0 spiro atoms. The van der Waals surface area contributed by atoms with Gasteiger partial charge in [0, 0.05) is 18.7 Å². The number of carbonyl (C=O) groups is 3. The van der Waals surface area contributed by atoms with Gasteiger partial charge in [-0.3, -0.25) is 4.79 Å². The number of alkyl carbamates (subject to hydrolysis) is 1. The molecule has 29 heavy (non-hydrogen) atoms. The quantitative estimate of drug-likeness (QED) is 0.387. The predicted molar refractivity (Wildman–Crippen MR) is 106 cm³/mol. The lowest BCUT2D eigenvalue weighted by Crippen LogP contribution is -2.33. The van der Waals surface area contributed by atoms with Crippen LogP contribution < -0.4 is 20.1 Å². The molecule has 0 saturated carbocycles. The largest absolute Gasteiger partial charge is 0.493 e. The number of amides is 2. The van der Waals surface area contributed by atoms with Crippen molar-refractivity contribution < 1.29 is 33.3 Å². The van der Waals surface area contributed by atoms with Crippen molar-refractivity contribution in [1.82, 2.24) is 5.32 Å². The van der Waals surface area contributed by atoms with Crippen LogP contribution >= 0.6 is 0 Å². The summed E-state index contributed by atoms with van der Waals surface area (Å²) in [6.07, 6.45) is 5.02. The van der Waals surface area contributed by atoms with Gasteiger partial charge in [0.15, 0.2) is 11.5 Å². The fourth-order valence-corrected chi connectivity index (χ4v) is 2.13. The average Bonchev–Trinajstić information content (AvgIpc) is 2.65. The van der Waals surface area contributed by atoms with Crippen molar-refractivity contribution in [2.45, 2.75) is 32.8 Å². The van der Waals surface area contributed by atoms with E-state index in [0.717, 1.165) is 0 Å². The number of nitrogens with one attached hydrogen (secondary N) is 2. The molecule has 0 unspecified atom stereocenters. The van der Waals surface area contributed by atoms with Crippen molar-refractivity contribution in [1.29, 1.82) is 0 Å². The van der Waals surface area contributed by atoms with Crippen LogP contribution in [0.2, 0.25) is 0 Å². The Bertz CT molecular complexity index is 791. The Kier molecular flexibility index (Phi) is 8.80. The van der Waals surface area contributed by atoms with Crippen molar-refractivity contribution in [3.63, 3.8) is 0 Å². The molecule has 0 fully saturated rings. The minimum Gasteiger partial charge on any atom is -0.493 e. The smallest absolute Gasteiger partial charge is 0.407 e. The number of benzene rings is 1. The van der Waals surface area contributed by atoms with Crippen molar-refractivity contribution in [3.8, 4) is 23.8 Å². The molecule has 1 aromatic carbocycles. The minimum atomic E-state index is -0.723. The SMILES string of the molecule is C#CC(=O)Nc1cc(OC)c(OCCCNC(=O)OC(C)(C)C)cc1C(=O)OC. The molecule has 0 atom stereocenters. The van der Waals surface area contributed by atoms with E-state index in [0.29, 0.717) is 13.0 Å². The van der Waals surface area contributed by atoms with Gasteiger partial charge in [-0.05, 0) is 33.1 Å². The summed E-state index contributed by atoms with van der Waals surface area (Å²) in [5.74, 6) is 1.05. The number of esters is 1. The zero-order chi connectivity index (χ0) is 22.0. The van der Waals surface area contributed by atoms with Crippen LogP contribution in [0, 0.1) is 12.3 Å². The number of hydrogen-bond acceptors (Lipinski definition) is 7. The Balaban J connectivity index is 2.80. The highest BCUT2D eigenvalue weighted by atomic mass is 16.6. The summed E-state index contributed by atoms with van der Waals surface area (Å²) >= 11 is 0. The molecule has 2 amide bonds. The molecular weight excluding hydrogens is 380 g/mol. The maximum Gasteiger partial charge on any atom is 0.407 e. The second-order valence-electron chi connectivity index (χ2n) is 6.77. The zero-order valence-electron chi connectivity index (χ0n) is 17.2. The summed E-state index contributed by atoms with van der Waals surface area (Å²) in [7, 11) is 2.62. The van der Waals surface area contributed by atoms with E-state index in [1.54, 1.807) is 20.8 Å². The molecule has 9 heteroatoms. The standard InChI is InChI=1S/C20H26N2O7/c1-7-17(23)22-14-12-15(26-5)16(11-13(14)18(24)27-6)28-10-8-9-21-19(25)29-20(2,3)4/h1,11-12H,8-10H2,2-6H3,(H,21,25)(H,22,23).